The lowest BCUT2D eigenvalue weighted by molar-refractivity contribution is 0.0701. The van der Waals surface area contributed by atoms with E-state index >= 15 is 0 Å². The number of carbonyl (C=O) groups is 1. The highest BCUT2D eigenvalue weighted by atomic mass is 32.1. The van der Waals surface area contributed by atoms with Gasteiger partial charge < -0.3 is 10.4 Å². The van der Waals surface area contributed by atoms with Gasteiger partial charge in [-0.1, -0.05) is 19.8 Å². The van der Waals surface area contributed by atoms with Crippen molar-refractivity contribution in [2.45, 2.75) is 45.2 Å². The predicted octanol–water partition coefficient (Wildman–Crippen LogP) is 3.11. The summed E-state index contributed by atoms with van der Waals surface area (Å²) in [6.07, 6.45) is 5.05. The number of aromatic carboxylic acids is 1. The summed E-state index contributed by atoms with van der Waals surface area (Å²) < 4.78 is 0. The molecule has 0 radical (unpaired) electrons. The van der Waals surface area contributed by atoms with Crippen LogP contribution in [0.5, 0.6) is 0 Å². The molecule has 1 fully saturated rings. The van der Waals surface area contributed by atoms with Crippen molar-refractivity contribution in [2.75, 3.05) is 0 Å². The summed E-state index contributed by atoms with van der Waals surface area (Å²) in [6, 6.07) is 2.47. The number of carboxylic acid groups (broad SMARTS) is 1. The Hall–Kier alpha value is -0.870. The number of carboxylic acids is 1. The second-order valence-corrected chi connectivity index (χ2v) is 5.85. The molecule has 0 saturated heterocycles. The van der Waals surface area contributed by atoms with E-state index in [9.17, 15) is 4.79 Å². The van der Waals surface area contributed by atoms with E-state index in [1.165, 1.54) is 37.0 Å². The largest absolute Gasteiger partial charge is 0.477 e. The molecule has 0 amide bonds. The summed E-state index contributed by atoms with van der Waals surface area (Å²) in [5.41, 5.74) is 0.917. The van der Waals surface area contributed by atoms with Crippen molar-refractivity contribution >= 4 is 17.3 Å². The molecule has 0 bridgehead atoms. The van der Waals surface area contributed by atoms with Crippen LogP contribution in [0, 0.1) is 5.92 Å². The molecular weight excluding hydrogens is 234 g/mol. The minimum Gasteiger partial charge on any atom is -0.477 e. The van der Waals surface area contributed by atoms with E-state index in [1.807, 2.05) is 11.4 Å². The van der Waals surface area contributed by atoms with E-state index in [4.69, 9.17) is 5.11 Å². The molecule has 94 valence electrons. The van der Waals surface area contributed by atoms with Gasteiger partial charge in [-0.05, 0) is 35.8 Å². The first kappa shape index (κ1) is 12.6. The Labute approximate surface area is 106 Å². The Morgan fingerprint density at radius 2 is 2.41 bits per heavy atom. The van der Waals surface area contributed by atoms with Crippen molar-refractivity contribution in [1.82, 2.24) is 5.32 Å². The third-order valence-corrected chi connectivity index (χ3v) is 4.40. The molecule has 3 nitrogen and oxygen atoms in total. The molecule has 1 aromatic rings. The maximum atomic E-state index is 11.0. The summed E-state index contributed by atoms with van der Waals surface area (Å²) in [5.74, 6) is -0.0171. The van der Waals surface area contributed by atoms with Gasteiger partial charge in [0.25, 0.3) is 0 Å². The van der Waals surface area contributed by atoms with Gasteiger partial charge in [0.15, 0.2) is 0 Å². The molecular formula is C13H19NO2S. The molecule has 2 N–H and O–H groups in total. The molecule has 1 aromatic heterocycles. The average molecular weight is 253 g/mol. The number of nitrogens with one attached hydrogen (secondary N) is 1. The fourth-order valence-corrected chi connectivity index (χ4v) is 3.30. The zero-order valence-corrected chi connectivity index (χ0v) is 10.9. The van der Waals surface area contributed by atoms with Crippen molar-refractivity contribution in [3.8, 4) is 0 Å². The molecule has 4 heteroatoms. The first-order chi connectivity index (χ1) is 8.16. The zero-order chi connectivity index (χ0) is 12.3. The Bertz CT molecular complexity index is 389. The van der Waals surface area contributed by atoms with E-state index in [1.54, 1.807) is 0 Å². The third-order valence-electron chi connectivity index (χ3n) is 3.46. The third kappa shape index (κ3) is 3.30. The van der Waals surface area contributed by atoms with Crippen molar-refractivity contribution in [3.63, 3.8) is 0 Å². The van der Waals surface area contributed by atoms with Crippen LogP contribution < -0.4 is 5.32 Å². The molecule has 0 aliphatic heterocycles. The standard InChI is InChI=1S/C13H19NO2S/c1-9-3-2-4-11(7-9)14-8-10-5-6-17-12(10)13(15)16/h5-6,9,11,14H,2-4,7-8H2,1H3,(H,15,16). The normalized spacial score (nSPS) is 24.8. The Balaban J connectivity index is 1.89. The van der Waals surface area contributed by atoms with Crippen LogP contribution >= 0.6 is 11.3 Å². The smallest absolute Gasteiger partial charge is 0.346 e. The number of thiophene rings is 1. The lowest BCUT2D eigenvalue weighted by Gasteiger charge is -2.27. The molecule has 2 rings (SSSR count). The summed E-state index contributed by atoms with van der Waals surface area (Å²) in [5, 5.41) is 14.4. The second kappa shape index (κ2) is 5.65. The minimum atomic E-state index is -0.811. The number of hydrogen-bond donors (Lipinski definition) is 2. The van der Waals surface area contributed by atoms with Crippen LogP contribution in [0.1, 0.15) is 47.8 Å². The van der Waals surface area contributed by atoms with Crippen LogP contribution in [-0.2, 0) is 6.54 Å². The van der Waals surface area contributed by atoms with Gasteiger partial charge in [-0.3, -0.25) is 0 Å². The molecule has 2 unspecified atom stereocenters. The summed E-state index contributed by atoms with van der Waals surface area (Å²) in [6.45, 7) is 2.98. The molecule has 1 aliphatic carbocycles. The van der Waals surface area contributed by atoms with Gasteiger partial charge in [0.2, 0.25) is 0 Å². The van der Waals surface area contributed by atoms with E-state index in [2.05, 4.69) is 12.2 Å². The second-order valence-electron chi connectivity index (χ2n) is 4.93. The van der Waals surface area contributed by atoms with Crippen molar-refractivity contribution in [2.24, 2.45) is 5.92 Å². The van der Waals surface area contributed by atoms with Crippen LogP contribution in [0.2, 0.25) is 0 Å². The minimum absolute atomic E-state index is 0.473. The maximum Gasteiger partial charge on any atom is 0.346 e. The molecule has 1 heterocycles. The van der Waals surface area contributed by atoms with Gasteiger partial charge in [0, 0.05) is 12.6 Å². The molecule has 17 heavy (non-hydrogen) atoms. The molecule has 0 aromatic carbocycles. The van der Waals surface area contributed by atoms with Gasteiger partial charge in [-0.25, -0.2) is 4.79 Å². The van der Waals surface area contributed by atoms with Crippen molar-refractivity contribution in [3.05, 3.63) is 21.9 Å². The van der Waals surface area contributed by atoms with Crippen LogP contribution in [-0.4, -0.2) is 17.1 Å². The van der Waals surface area contributed by atoms with Gasteiger partial charge in [-0.15, -0.1) is 11.3 Å². The van der Waals surface area contributed by atoms with Gasteiger partial charge in [0.05, 0.1) is 0 Å². The highest BCUT2D eigenvalue weighted by Crippen LogP contribution is 2.24. The molecule has 1 saturated carbocycles. The topological polar surface area (TPSA) is 49.3 Å². The zero-order valence-electron chi connectivity index (χ0n) is 10.1. The van der Waals surface area contributed by atoms with E-state index in [0.717, 1.165) is 11.5 Å². The Morgan fingerprint density at radius 3 is 3.12 bits per heavy atom. The highest BCUT2D eigenvalue weighted by Gasteiger charge is 2.19. The SMILES string of the molecule is CC1CCCC(NCc2ccsc2C(=O)O)C1. The predicted molar refractivity (Wildman–Crippen MR) is 69.5 cm³/mol. The van der Waals surface area contributed by atoms with Gasteiger partial charge >= 0.3 is 5.97 Å². The average Bonchev–Trinajstić information content (AvgIpc) is 2.74. The monoisotopic (exact) mass is 253 g/mol. The van der Waals surface area contributed by atoms with Crippen molar-refractivity contribution < 1.29 is 9.90 Å². The molecule has 1 aliphatic rings. The van der Waals surface area contributed by atoms with Crippen LogP contribution in [0.3, 0.4) is 0 Å². The van der Waals surface area contributed by atoms with Gasteiger partial charge in [-0.2, -0.15) is 0 Å². The van der Waals surface area contributed by atoms with Crippen LogP contribution in [0.15, 0.2) is 11.4 Å². The number of hydrogen-bond acceptors (Lipinski definition) is 3. The number of rotatable bonds is 4. The summed E-state index contributed by atoms with van der Waals surface area (Å²) in [7, 11) is 0. The molecule has 0 spiro atoms. The quantitative estimate of drug-likeness (QED) is 0.866. The lowest BCUT2D eigenvalue weighted by atomic mass is 9.87. The van der Waals surface area contributed by atoms with E-state index in [0.29, 0.717) is 17.5 Å². The lowest BCUT2D eigenvalue weighted by Crippen LogP contribution is -2.33. The highest BCUT2D eigenvalue weighted by molar-refractivity contribution is 7.12. The summed E-state index contributed by atoms with van der Waals surface area (Å²) in [4.78, 5) is 11.4. The van der Waals surface area contributed by atoms with Crippen LogP contribution in [0.4, 0.5) is 0 Å². The summed E-state index contributed by atoms with van der Waals surface area (Å²) >= 11 is 1.31. The van der Waals surface area contributed by atoms with Crippen LogP contribution in [0.25, 0.3) is 0 Å². The first-order valence-electron chi connectivity index (χ1n) is 6.20. The van der Waals surface area contributed by atoms with E-state index in [-0.39, 0.29) is 0 Å². The Kier molecular flexibility index (Phi) is 4.18. The first-order valence-corrected chi connectivity index (χ1v) is 7.08. The fourth-order valence-electron chi connectivity index (χ4n) is 2.54. The van der Waals surface area contributed by atoms with Crippen molar-refractivity contribution in [1.29, 1.82) is 0 Å². The van der Waals surface area contributed by atoms with E-state index < -0.39 is 5.97 Å². The van der Waals surface area contributed by atoms with Gasteiger partial charge in [0.1, 0.15) is 4.88 Å². The fraction of sp³-hybridized carbons (Fsp3) is 0.615. The molecule has 2 atom stereocenters. The maximum absolute atomic E-state index is 11.0. The Morgan fingerprint density at radius 1 is 1.59 bits per heavy atom.